The lowest BCUT2D eigenvalue weighted by atomic mass is 10.0. The zero-order valence-corrected chi connectivity index (χ0v) is 15.0. The molecular formula is C19H30N4O. The van der Waals surface area contributed by atoms with Crippen molar-refractivity contribution in [1.29, 1.82) is 0 Å². The first kappa shape index (κ1) is 17.2. The summed E-state index contributed by atoms with van der Waals surface area (Å²) in [6, 6.07) is 8.62. The van der Waals surface area contributed by atoms with Crippen molar-refractivity contribution in [2.75, 3.05) is 57.8 Å². The molecule has 0 aromatic heterocycles. The van der Waals surface area contributed by atoms with E-state index in [1.54, 1.807) is 0 Å². The van der Waals surface area contributed by atoms with Gasteiger partial charge in [0.2, 0.25) is 0 Å². The molecule has 2 saturated heterocycles. The van der Waals surface area contributed by atoms with Gasteiger partial charge in [0.15, 0.2) is 0 Å². The van der Waals surface area contributed by atoms with E-state index < -0.39 is 0 Å². The van der Waals surface area contributed by atoms with E-state index in [1.165, 1.54) is 5.69 Å². The number of carbonyl (C=O) groups excluding carboxylic acids is 1. The van der Waals surface area contributed by atoms with Gasteiger partial charge in [-0.25, -0.2) is 0 Å². The van der Waals surface area contributed by atoms with Crippen LogP contribution in [0.3, 0.4) is 0 Å². The lowest BCUT2D eigenvalue weighted by Crippen LogP contribution is -2.47. The molecule has 2 heterocycles. The minimum atomic E-state index is 0.164. The van der Waals surface area contributed by atoms with Crippen LogP contribution in [-0.4, -0.2) is 74.6 Å². The largest absolute Gasteiger partial charge is 0.369 e. The first-order valence-electron chi connectivity index (χ1n) is 9.25. The average Bonchev–Trinajstić information content (AvgIpc) is 2.67. The van der Waals surface area contributed by atoms with Crippen molar-refractivity contribution in [3.63, 3.8) is 0 Å². The summed E-state index contributed by atoms with van der Waals surface area (Å²) in [4.78, 5) is 19.6. The minimum absolute atomic E-state index is 0.164. The number of nitrogens with one attached hydrogen (secondary N) is 1. The number of hydrogen-bond donors (Lipinski definition) is 1. The average molecular weight is 330 g/mol. The van der Waals surface area contributed by atoms with Crippen LogP contribution in [0.4, 0.5) is 5.69 Å². The van der Waals surface area contributed by atoms with Crippen molar-refractivity contribution in [3.05, 3.63) is 29.8 Å². The number of hydrogen-bond acceptors (Lipinski definition) is 4. The van der Waals surface area contributed by atoms with Gasteiger partial charge in [0.05, 0.1) is 0 Å². The van der Waals surface area contributed by atoms with Gasteiger partial charge in [-0.15, -0.1) is 0 Å². The Hall–Kier alpha value is -1.59. The van der Waals surface area contributed by atoms with Gasteiger partial charge >= 0.3 is 0 Å². The lowest BCUT2D eigenvalue weighted by molar-refractivity contribution is 0.0698. The molecule has 2 aliphatic rings. The zero-order chi connectivity index (χ0) is 16.9. The van der Waals surface area contributed by atoms with E-state index in [2.05, 4.69) is 34.2 Å². The van der Waals surface area contributed by atoms with E-state index in [9.17, 15) is 4.79 Å². The normalized spacial score (nSPS) is 22.7. The third-order valence-electron chi connectivity index (χ3n) is 5.42. The monoisotopic (exact) mass is 330 g/mol. The van der Waals surface area contributed by atoms with Crippen LogP contribution in [0.15, 0.2) is 24.3 Å². The van der Waals surface area contributed by atoms with Crippen molar-refractivity contribution < 1.29 is 4.79 Å². The second-order valence-electron chi connectivity index (χ2n) is 6.85. The third kappa shape index (κ3) is 3.90. The van der Waals surface area contributed by atoms with Crippen LogP contribution in [-0.2, 0) is 0 Å². The molecule has 0 unspecified atom stereocenters. The zero-order valence-electron chi connectivity index (χ0n) is 15.0. The maximum absolute atomic E-state index is 12.7. The topological polar surface area (TPSA) is 38.8 Å². The van der Waals surface area contributed by atoms with Gasteiger partial charge in [0.1, 0.15) is 0 Å². The number of likely N-dealkylation sites (tertiary alicyclic amines) is 1. The Kier molecular flexibility index (Phi) is 5.74. The summed E-state index contributed by atoms with van der Waals surface area (Å²) in [5, 5.41) is 3.30. The Morgan fingerprint density at radius 2 is 1.83 bits per heavy atom. The molecule has 0 bridgehead atoms. The first-order valence-corrected chi connectivity index (χ1v) is 9.25. The van der Waals surface area contributed by atoms with E-state index >= 15 is 0 Å². The maximum Gasteiger partial charge on any atom is 0.253 e. The molecule has 5 nitrogen and oxygen atoms in total. The second-order valence-corrected chi connectivity index (χ2v) is 6.85. The predicted molar refractivity (Wildman–Crippen MR) is 98.8 cm³/mol. The van der Waals surface area contributed by atoms with Crippen molar-refractivity contribution in [1.82, 2.24) is 15.1 Å². The lowest BCUT2D eigenvalue weighted by Gasteiger charge is -2.35. The molecular weight excluding hydrogens is 300 g/mol. The molecule has 2 aliphatic heterocycles. The summed E-state index contributed by atoms with van der Waals surface area (Å²) in [5.41, 5.74) is 2.04. The Labute approximate surface area is 145 Å². The quantitative estimate of drug-likeness (QED) is 0.911. The summed E-state index contributed by atoms with van der Waals surface area (Å²) < 4.78 is 0. The Balaban J connectivity index is 1.61. The number of anilines is 1. The predicted octanol–water partition coefficient (Wildman–Crippen LogP) is 1.65. The number of piperazine rings is 1. The molecule has 0 saturated carbocycles. The van der Waals surface area contributed by atoms with E-state index in [1.807, 2.05) is 24.1 Å². The van der Waals surface area contributed by atoms with Crippen molar-refractivity contribution in [2.45, 2.75) is 25.8 Å². The Morgan fingerprint density at radius 1 is 1.12 bits per heavy atom. The molecule has 2 fully saturated rings. The fraction of sp³-hybridized carbons (Fsp3) is 0.632. The Morgan fingerprint density at radius 3 is 2.46 bits per heavy atom. The standard InChI is InChI=1S/C19H30N4O/c1-3-21-11-13-22(14-12-21)18-8-6-16(7-9-18)19(24)23-10-4-5-17(15-23)20-2/h6-9,17,20H,3-5,10-15H2,1-2H3/t17-/m1/s1. The van der Waals surface area contributed by atoms with Crippen LogP contribution in [0.2, 0.25) is 0 Å². The van der Waals surface area contributed by atoms with Crippen LogP contribution in [0.25, 0.3) is 0 Å². The number of likely N-dealkylation sites (N-methyl/N-ethyl adjacent to an activating group) is 2. The molecule has 1 atom stereocenters. The van der Waals surface area contributed by atoms with Crippen molar-refractivity contribution in [2.24, 2.45) is 0 Å². The van der Waals surface area contributed by atoms with E-state index in [0.717, 1.165) is 64.2 Å². The second kappa shape index (κ2) is 7.99. The molecule has 1 amide bonds. The first-order chi connectivity index (χ1) is 11.7. The van der Waals surface area contributed by atoms with E-state index in [4.69, 9.17) is 0 Å². The van der Waals surface area contributed by atoms with Crippen molar-refractivity contribution >= 4 is 11.6 Å². The number of amides is 1. The molecule has 3 rings (SSSR count). The number of rotatable bonds is 4. The van der Waals surface area contributed by atoms with Gasteiger partial charge in [0.25, 0.3) is 5.91 Å². The van der Waals surface area contributed by atoms with Gasteiger partial charge in [-0.05, 0) is 50.7 Å². The van der Waals surface area contributed by atoms with Gasteiger partial charge in [-0.1, -0.05) is 6.92 Å². The van der Waals surface area contributed by atoms with Crippen LogP contribution >= 0.6 is 0 Å². The van der Waals surface area contributed by atoms with Gasteiger partial charge in [-0.3, -0.25) is 4.79 Å². The minimum Gasteiger partial charge on any atom is -0.369 e. The van der Waals surface area contributed by atoms with E-state index in [0.29, 0.717) is 6.04 Å². The fourth-order valence-corrected chi connectivity index (χ4v) is 3.72. The number of carbonyl (C=O) groups is 1. The van der Waals surface area contributed by atoms with Crippen LogP contribution < -0.4 is 10.2 Å². The molecule has 132 valence electrons. The summed E-state index contributed by atoms with van der Waals surface area (Å²) in [6.45, 7) is 9.41. The maximum atomic E-state index is 12.7. The molecule has 0 spiro atoms. The molecule has 24 heavy (non-hydrogen) atoms. The molecule has 1 aromatic rings. The fourth-order valence-electron chi connectivity index (χ4n) is 3.72. The molecule has 5 heteroatoms. The van der Waals surface area contributed by atoms with Crippen LogP contribution in [0, 0.1) is 0 Å². The Bertz CT molecular complexity index is 537. The van der Waals surface area contributed by atoms with Gasteiger partial charge in [-0.2, -0.15) is 0 Å². The molecule has 0 aliphatic carbocycles. The third-order valence-corrected chi connectivity index (χ3v) is 5.42. The molecule has 1 aromatic carbocycles. The number of piperidine rings is 1. The van der Waals surface area contributed by atoms with Crippen LogP contribution in [0.1, 0.15) is 30.1 Å². The van der Waals surface area contributed by atoms with E-state index in [-0.39, 0.29) is 5.91 Å². The SMILES string of the molecule is CCN1CCN(c2ccc(C(=O)N3CCC[C@@H](NC)C3)cc2)CC1. The highest BCUT2D eigenvalue weighted by Crippen LogP contribution is 2.19. The highest BCUT2D eigenvalue weighted by Gasteiger charge is 2.23. The summed E-state index contributed by atoms with van der Waals surface area (Å²) in [7, 11) is 1.98. The molecule has 0 radical (unpaired) electrons. The summed E-state index contributed by atoms with van der Waals surface area (Å²) in [5.74, 6) is 0.164. The smallest absolute Gasteiger partial charge is 0.253 e. The van der Waals surface area contributed by atoms with Crippen LogP contribution in [0.5, 0.6) is 0 Å². The van der Waals surface area contributed by atoms with Gasteiger partial charge < -0.3 is 20.0 Å². The summed E-state index contributed by atoms with van der Waals surface area (Å²) >= 11 is 0. The highest BCUT2D eigenvalue weighted by atomic mass is 16.2. The number of nitrogens with zero attached hydrogens (tertiary/aromatic N) is 3. The molecule has 1 N–H and O–H groups in total. The van der Waals surface area contributed by atoms with Gasteiger partial charge in [0, 0.05) is 56.6 Å². The highest BCUT2D eigenvalue weighted by molar-refractivity contribution is 5.94. The summed E-state index contributed by atoms with van der Waals surface area (Å²) in [6.07, 6.45) is 2.24. The van der Waals surface area contributed by atoms with Crippen molar-refractivity contribution in [3.8, 4) is 0 Å². The number of benzene rings is 1.